The van der Waals surface area contributed by atoms with Gasteiger partial charge in [-0.1, -0.05) is 194 Å². The Morgan fingerprint density at radius 1 is 0.143 bits per heavy atom. The van der Waals surface area contributed by atoms with E-state index in [4.69, 9.17) is 28.4 Å². The number of aromatic nitrogens is 4. The minimum Gasteiger partial charge on any atom is -0.458 e. The maximum absolute atomic E-state index is 7.03. The van der Waals surface area contributed by atoms with Crippen LogP contribution in [-0.4, -0.2) is 31.7 Å². The molecule has 0 radical (unpaired) electrons. The molecule has 0 unspecified atom stereocenters. The zero-order chi connectivity index (χ0) is 81.8. The SMILES string of the molecule is c1cc(-c2cc3c4c(c2)Oc2cccc5c2B4c2c(cccc2O3)O5)cc(-c2cc(-c3cccc(-n4c5ccccc5c5cc(-n6c7ccccc7c7ccccc76)ccc54)c3)c(-c3cccc(-c4cc5c6c(c4)Oc4cccc7c4B6c4c(cccc4O5)O7)c3)cc2-c2cccc(-n3c4ccccc4c4cc(-n5c6ccccc6c6ccccc65)ccc43)c2)c1. The summed E-state index contributed by atoms with van der Waals surface area (Å²) in [5.74, 6) is 9.38. The molecule has 582 valence electrons. The summed E-state index contributed by atoms with van der Waals surface area (Å²) in [5, 5.41) is 9.58. The van der Waals surface area contributed by atoms with Gasteiger partial charge in [0.1, 0.15) is 69.0 Å². The molecule has 0 aliphatic carbocycles. The summed E-state index contributed by atoms with van der Waals surface area (Å²) in [5.41, 5.74) is 31.8. The second kappa shape index (κ2) is 25.5. The molecule has 0 fully saturated rings. The molecular formula is C114H64B2N4O6. The third kappa shape index (κ3) is 9.61. The van der Waals surface area contributed by atoms with Gasteiger partial charge in [-0.15, -0.1) is 0 Å². The zero-order valence-corrected chi connectivity index (χ0v) is 67.3. The lowest BCUT2D eigenvalue weighted by atomic mass is 9.34. The molecule has 0 spiro atoms. The van der Waals surface area contributed by atoms with Gasteiger partial charge in [-0.3, -0.25) is 0 Å². The normalized spacial score (nSPS) is 13.1. The van der Waals surface area contributed by atoms with E-state index in [2.05, 4.69) is 358 Å². The number of ether oxygens (including phenoxy) is 6. The number of hydrogen-bond donors (Lipinski definition) is 0. The van der Waals surface area contributed by atoms with Crippen molar-refractivity contribution < 1.29 is 28.4 Å². The highest BCUT2D eigenvalue weighted by Crippen LogP contribution is 2.51. The van der Waals surface area contributed by atoms with Crippen LogP contribution < -0.4 is 61.2 Å². The molecule has 10 heterocycles. The third-order valence-electron chi connectivity index (χ3n) is 27.4. The Bertz CT molecular complexity index is 8100. The molecule has 0 N–H and O–H groups in total. The molecule has 6 aliphatic rings. The predicted octanol–water partition coefficient (Wildman–Crippen LogP) is 25.7. The van der Waals surface area contributed by atoms with Gasteiger partial charge in [0.2, 0.25) is 0 Å². The summed E-state index contributed by atoms with van der Waals surface area (Å²) in [4.78, 5) is 0. The molecule has 23 aromatic rings. The molecule has 0 amide bonds. The van der Waals surface area contributed by atoms with Gasteiger partial charge < -0.3 is 46.7 Å². The fraction of sp³-hybridized carbons (Fsp3) is 0. The molecule has 6 aliphatic heterocycles. The van der Waals surface area contributed by atoms with Crippen LogP contribution >= 0.6 is 0 Å². The van der Waals surface area contributed by atoms with Crippen molar-refractivity contribution >= 4 is 133 Å². The van der Waals surface area contributed by atoms with E-state index in [-0.39, 0.29) is 13.4 Å². The Kier molecular flexibility index (Phi) is 13.7. The summed E-state index contributed by atoms with van der Waals surface area (Å²) in [6, 6.07) is 141. The van der Waals surface area contributed by atoms with Gasteiger partial charge in [0.05, 0.1) is 44.1 Å². The van der Waals surface area contributed by atoms with E-state index >= 15 is 0 Å². The van der Waals surface area contributed by atoms with Crippen LogP contribution in [0.3, 0.4) is 0 Å². The van der Waals surface area contributed by atoms with Crippen LogP contribution in [0.25, 0.3) is 177 Å². The van der Waals surface area contributed by atoms with E-state index in [1.165, 1.54) is 54.4 Å². The molecule has 0 saturated carbocycles. The maximum Gasteiger partial charge on any atom is 0.270 e. The van der Waals surface area contributed by atoms with Gasteiger partial charge in [0.25, 0.3) is 13.4 Å². The van der Waals surface area contributed by atoms with Crippen molar-refractivity contribution in [1.82, 2.24) is 18.3 Å². The first-order valence-electron chi connectivity index (χ1n) is 43.0. The fourth-order valence-electron chi connectivity index (χ4n) is 22.0. The summed E-state index contributed by atoms with van der Waals surface area (Å²) in [6.07, 6.45) is 0. The lowest BCUT2D eigenvalue weighted by molar-refractivity contribution is 0.442. The fourth-order valence-corrected chi connectivity index (χ4v) is 22.0. The first-order chi connectivity index (χ1) is 62.4. The predicted molar refractivity (Wildman–Crippen MR) is 512 cm³/mol. The van der Waals surface area contributed by atoms with Crippen LogP contribution in [0, 0.1) is 0 Å². The highest BCUT2D eigenvalue weighted by molar-refractivity contribution is 7.00. The lowest BCUT2D eigenvalue weighted by Crippen LogP contribution is -2.59. The van der Waals surface area contributed by atoms with E-state index < -0.39 is 0 Å². The van der Waals surface area contributed by atoms with Gasteiger partial charge >= 0.3 is 0 Å². The number of nitrogens with zero attached hydrogens (tertiary/aromatic N) is 4. The lowest BCUT2D eigenvalue weighted by Gasteiger charge is -2.37. The molecule has 4 aromatic heterocycles. The van der Waals surface area contributed by atoms with E-state index in [1.54, 1.807) is 0 Å². The number of para-hydroxylation sites is 6. The van der Waals surface area contributed by atoms with Crippen LogP contribution in [0.2, 0.25) is 0 Å². The van der Waals surface area contributed by atoms with Crippen LogP contribution in [0.5, 0.6) is 69.0 Å². The average Bonchev–Trinajstić information content (AvgIpc) is 1.18. The van der Waals surface area contributed by atoms with Crippen LogP contribution in [0.4, 0.5) is 0 Å². The van der Waals surface area contributed by atoms with Crippen molar-refractivity contribution in [2.24, 2.45) is 0 Å². The number of rotatable bonds is 10. The van der Waals surface area contributed by atoms with Gasteiger partial charge in [0, 0.05) is 98.6 Å². The Morgan fingerprint density at radius 2 is 0.365 bits per heavy atom. The smallest absolute Gasteiger partial charge is 0.270 e. The Labute approximate surface area is 722 Å². The maximum atomic E-state index is 7.03. The molecule has 29 rings (SSSR count). The second-order valence-corrected chi connectivity index (χ2v) is 34.0. The average molecular weight is 1610 g/mol. The molecule has 12 heteroatoms. The Morgan fingerprint density at radius 3 is 0.667 bits per heavy atom. The third-order valence-corrected chi connectivity index (χ3v) is 27.4. The van der Waals surface area contributed by atoms with Crippen molar-refractivity contribution in [3.63, 3.8) is 0 Å². The summed E-state index contributed by atoms with van der Waals surface area (Å²) in [6.45, 7) is -0.242. The monoisotopic (exact) mass is 1610 g/mol. The van der Waals surface area contributed by atoms with Crippen molar-refractivity contribution in [2.75, 3.05) is 0 Å². The molecule has 0 saturated heterocycles. The molecule has 126 heavy (non-hydrogen) atoms. The molecule has 0 atom stereocenters. The van der Waals surface area contributed by atoms with Crippen LogP contribution in [0.1, 0.15) is 0 Å². The standard InChI is InChI=1S/C114H64B2N4O6/c1-7-35-89-77(29-1)78-30-2-8-36-90(78)119(89)75-49-51-95-87(61-75)81-33-5-11-39-93(81)117(95)73-27-15-25-69(55-73)85-63-84(68-24-14-22-66(54-68)72-59-107-114-108(60-72)126-104-48-20-44-100-112(104)116(114)111-99(122-100)43-19-47-103(111)125-107)86(64-83(85)67-23-13-21-65(53-67)71-57-105-113-106(58-71)124-102-46-18-42-98-110(102)115(113)109-97(121-98)41-17-45-101(109)123-105)70-26-16-28-74(56-70)118-94-40-12-6-34-82(94)88-62-76(50-52-96(88)118)120-91-37-9-3-31-79(91)80-32-4-10-38-92(80)120/h1-64H. The Hall–Kier alpha value is -16.7. The van der Waals surface area contributed by atoms with E-state index in [9.17, 15) is 0 Å². The largest absolute Gasteiger partial charge is 0.458 e. The highest BCUT2D eigenvalue weighted by Gasteiger charge is 2.49. The Balaban J connectivity index is 0.652. The van der Waals surface area contributed by atoms with Crippen molar-refractivity contribution in [3.8, 4) is 159 Å². The van der Waals surface area contributed by atoms with E-state index in [0.29, 0.717) is 0 Å². The van der Waals surface area contributed by atoms with Gasteiger partial charge in [-0.05, 0) is 261 Å². The van der Waals surface area contributed by atoms with Crippen molar-refractivity contribution in [1.29, 1.82) is 0 Å². The van der Waals surface area contributed by atoms with Gasteiger partial charge in [-0.25, -0.2) is 0 Å². The van der Waals surface area contributed by atoms with Gasteiger partial charge in [0.15, 0.2) is 0 Å². The topological polar surface area (TPSA) is 75.1 Å². The molecule has 19 aromatic carbocycles. The summed E-state index contributed by atoms with van der Waals surface area (Å²) in [7, 11) is 0. The number of benzene rings is 19. The summed E-state index contributed by atoms with van der Waals surface area (Å²) >= 11 is 0. The minimum atomic E-state index is -0.121. The van der Waals surface area contributed by atoms with Crippen molar-refractivity contribution in [2.45, 2.75) is 0 Å². The minimum absolute atomic E-state index is 0.121. The zero-order valence-electron chi connectivity index (χ0n) is 67.3. The van der Waals surface area contributed by atoms with E-state index in [0.717, 1.165) is 224 Å². The second-order valence-electron chi connectivity index (χ2n) is 34.0. The summed E-state index contributed by atoms with van der Waals surface area (Å²) < 4.78 is 51.1. The van der Waals surface area contributed by atoms with Crippen LogP contribution in [0.15, 0.2) is 388 Å². The highest BCUT2D eigenvalue weighted by atomic mass is 16.5. The first-order valence-corrected chi connectivity index (χ1v) is 43.0. The number of fused-ring (bicyclic) bond motifs is 12. The quantitative estimate of drug-likeness (QED) is 0.127. The van der Waals surface area contributed by atoms with Crippen molar-refractivity contribution in [3.05, 3.63) is 388 Å². The first kappa shape index (κ1) is 68.0. The molecule has 0 bridgehead atoms. The van der Waals surface area contributed by atoms with E-state index in [1.807, 2.05) is 48.5 Å². The van der Waals surface area contributed by atoms with Gasteiger partial charge in [-0.2, -0.15) is 0 Å². The van der Waals surface area contributed by atoms with Crippen LogP contribution in [-0.2, 0) is 0 Å². The molecular weight excluding hydrogens is 1540 g/mol. The number of hydrogen-bond acceptors (Lipinski definition) is 6. The molecule has 10 nitrogen and oxygen atoms in total.